The minimum absolute atomic E-state index is 0.202. The molecule has 1 aromatic carbocycles. The summed E-state index contributed by atoms with van der Waals surface area (Å²) >= 11 is 0. The van der Waals surface area contributed by atoms with E-state index < -0.39 is 0 Å². The van der Waals surface area contributed by atoms with Crippen LogP contribution in [0.5, 0.6) is 0 Å². The van der Waals surface area contributed by atoms with Crippen LogP contribution in [0.3, 0.4) is 0 Å². The first-order chi connectivity index (χ1) is 11.1. The smallest absolute Gasteiger partial charge is 0.273 e. The van der Waals surface area contributed by atoms with Crippen LogP contribution in [0.15, 0.2) is 34.9 Å². The van der Waals surface area contributed by atoms with Crippen LogP contribution in [0.25, 0.3) is 0 Å². The van der Waals surface area contributed by atoms with Gasteiger partial charge in [-0.3, -0.25) is 19.9 Å². The molecule has 0 radical (unpaired) electrons. The minimum Gasteiger partial charge on any atom is -0.361 e. The first-order valence-corrected chi connectivity index (χ1v) is 7.71. The number of piperazine rings is 1. The molecule has 7 heteroatoms. The lowest BCUT2D eigenvalue weighted by Crippen LogP contribution is -2.45. The summed E-state index contributed by atoms with van der Waals surface area (Å²) in [5.74, 6) is 0.829. The summed E-state index contributed by atoms with van der Waals surface area (Å²) in [6.07, 6.45) is 0. The van der Waals surface area contributed by atoms with Gasteiger partial charge in [0, 0.05) is 57.0 Å². The quantitative estimate of drug-likeness (QED) is 0.622. The number of nitro groups is 1. The molecule has 1 aliphatic heterocycles. The second-order valence-electron chi connectivity index (χ2n) is 5.87. The predicted octanol–water partition coefficient (Wildman–Crippen LogP) is 2.21. The van der Waals surface area contributed by atoms with Crippen molar-refractivity contribution >= 4 is 5.69 Å². The Morgan fingerprint density at radius 2 is 1.83 bits per heavy atom. The predicted molar refractivity (Wildman–Crippen MR) is 84.9 cm³/mol. The average molecular weight is 316 g/mol. The van der Waals surface area contributed by atoms with Gasteiger partial charge in [0.25, 0.3) is 5.69 Å². The van der Waals surface area contributed by atoms with Crippen molar-refractivity contribution in [1.29, 1.82) is 0 Å². The van der Waals surface area contributed by atoms with Gasteiger partial charge in [-0.1, -0.05) is 23.4 Å². The summed E-state index contributed by atoms with van der Waals surface area (Å²) in [5, 5.41) is 15.1. The summed E-state index contributed by atoms with van der Waals surface area (Å²) in [4.78, 5) is 15.4. The van der Waals surface area contributed by atoms with Gasteiger partial charge in [-0.25, -0.2) is 0 Å². The molecule has 1 fully saturated rings. The lowest BCUT2D eigenvalue weighted by molar-refractivity contribution is -0.385. The molecular weight excluding hydrogens is 296 g/mol. The number of aromatic nitrogens is 1. The van der Waals surface area contributed by atoms with Crippen LogP contribution in [0.4, 0.5) is 5.69 Å². The standard InChI is InChI=1S/C16H20N4O3/c1-13-10-15(17-23-13)12-19-8-6-18(7-9-19)11-14-4-2-3-5-16(14)20(21)22/h2-5,10H,6-9,11-12H2,1H3. The van der Waals surface area contributed by atoms with E-state index in [4.69, 9.17) is 4.52 Å². The second kappa shape index (κ2) is 6.89. The minimum atomic E-state index is -0.307. The maximum Gasteiger partial charge on any atom is 0.273 e. The van der Waals surface area contributed by atoms with Gasteiger partial charge in [-0.2, -0.15) is 0 Å². The van der Waals surface area contributed by atoms with Gasteiger partial charge in [0.1, 0.15) is 5.76 Å². The SMILES string of the molecule is Cc1cc(CN2CCN(Cc3ccccc3[N+](=O)[O-])CC2)no1. The van der Waals surface area contributed by atoms with Crippen LogP contribution in [0, 0.1) is 17.0 Å². The van der Waals surface area contributed by atoms with E-state index in [1.165, 1.54) is 0 Å². The van der Waals surface area contributed by atoms with E-state index in [1.54, 1.807) is 12.1 Å². The molecule has 3 rings (SSSR count). The topological polar surface area (TPSA) is 75.7 Å². The molecule has 122 valence electrons. The highest BCUT2D eigenvalue weighted by Gasteiger charge is 2.21. The highest BCUT2D eigenvalue weighted by molar-refractivity contribution is 5.39. The Morgan fingerprint density at radius 3 is 2.43 bits per heavy atom. The summed E-state index contributed by atoms with van der Waals surface area (Å²) in [7, 11) is 0. The molecule has 0 spiro atoms. The molecular formula is C16H20N4O3. The average Bonchev–Trinajstić information content (AvgIpc) is 2.95. The summed E-state index contributed by atoms with van der Waals surface area (Å²) in [6, 6.07) is 8.92. The second-order valence-corrected chi connectivity index (χ2v) is 5.87. The van der Waals surface area contributed by atoms with E-state index in [9.17, 15) is 10.1 Å². The molecule has 1 saturated heterocycles. The Morgan fingerprint density at radius 1 is 1.17 bits per heavy atom. The maximum absolute atomic E-state index is 11.1. The van der Waals surface area contributed by atoms with E-state index in [0.29, 0.717) is 6.54 Å². The molecule has 0 atom stereocenters. The Bertz CT molecular complexity index is 677. The van der Waals surface area contributed by atoms with Crippen LogP contribution < -0.4 is 0 Å². The monoisotopic (exact) mass is 316 g/mol. The molecule has 0 bridgehead atoms. The van der Waals surface area contributed by atoms with Crippen LogP contribution in [-0.2, 0) is 13.1 Å². The van der Waals surface area contributed by atoms with Crippen molar-refractivity contribution in [2.45, 2.75) is 20.0 Å². The molecule has 0 saturated carbocycles. The lowest BCUT2D eigenvalue weighted by atomic mass is 10.1. The molecule has 2 aromatic rings. The van der Waals surface area contributed by atoms with Crippen molar-refractivity contribution in [3.05, 3.63) is 57.5 Å². The molecule has 0 unspecified atom stereocenters. The third kappa shape index (κ3) is 3.94. The number of para-hydroxylation sites is 1. The highest BCUT2D eigenvalue weighted by Crippen LogP contribution is 2.20. The normalized spacial score (nSPS) is 16.6. The number of hydrogen-bond donors (Lipinski definition) is 0. The molecule has 2 heterocycles. The van der Waals surface area contributed by atoms with Crippen LogP contribution in [0.2, 0.25) is 0 Å². The van der Waals surface area contributed by atoms with Gasteiger partial charge in [0.2, 0.25) is 0 Å². The zero-order valence-corrected chi connectivity index (χ0v) is 13.1. The molecule has 7 nitrogen and oxygen atoms in total. The van der Waals surface area contributed by atoms with Crippen molar-refractivity contribution < 1.29 is 9.45 Å². The molecule has 0 N–H and O–H groups in total. The van der Waals surface area contributed by atoms with Crippen LogP contribution >= 0.6 is 0 Å². The van der Waals surface area contributed by atoms with Crippen molar-refractivity contribution in [2.24, 2.45) is 0 Å². The molecule has 1 aliphatic rings. The largest absolute Gasteiger partial charge is 0.361 e. The number of aryl methyl sites for hydroxylation is 1. The van der Waals surface area contributed by atoms with Crippen molar-refractivity contribution in [3.8, 4) is 0 Å². The Labute approximate surface area is 134 Å². The molecule has 0 aliphatic carbocycles. The van der Waals surface area contributed by atoms with Crippen LogP contribution in [0.1, 0.15) is 17.0 Å². The fourth-order valence-corrected chi connectivity index (χ4v) is 2.89. The van der Waals surface area contributed by atoms with E-state index in [-0.39, 0.29) is 10.6 Å². The van der Waals surface area contributed by atoms with Gasteiger partial charge in [0.15, 0.2) is 0 Å². The van der Waals surface area contributed by atoms with Gasteiger partial charge in [-0.15, -0.1) is 0 Å². The van der Waals surface area contributed by atoms with E-state index in [1.807, 2.05) is 25.1 Å². The van der Waals surface area contributed by atoms with Crippen LogP contribution in [-0.4, -0.2) is 46.1 Å². The number of nitrogens with zero attached hydrogens (tertiary/aromatic N) is 4. The van der Waals surface area contributed by atoms with Gasteiger partial charge in [-0.05, 0) is 6.92 Å². The van der Waals surface area contributed by atoms with Crippen molar-refractivity contribution in [3.63, 3.8) is 0 Å². The molecule has 23 heavy (non-hydrogen) atoms. The summed E-state index contributed by atoms with van der Waals surface area (Å²) in [6.45, 7) is 6.93. The third-order valence-corrected chi connectivity index (χ3v) is 4.11. The number of nitro benzene ring substituents is 1. The van der Waals surface area contributed by atoms with Gasteiger partial charge in [0.05, 0.1) is 10.6 Å². The Balaban J connectivity index is 1.54. The highest BCUT2D eigenvalue weighted by atomic mass is 16.6. The number of hydrogen-bond acceptors (Lipinski definition) is 6. The first-order valence-electron chi connectivity index (χ1n) is 7.71. The van der Waals surface area contributed by atoms with Gasteiger partial charge < -0.3 is 4.52 Å². The zero-order valence-electron chi connectivity index (χ0n) is 13.1. The Kier molecular flexibility index (Phi) is 4.68. The molecule has 0 amide bonds. The first kappa shape index (κ1) is 15.6. The maximum atomic E-state index is 11.1. The van der Waals surface area contributed by atoms with Crippen molar-refractivity contribution in [2.75, 3.05) is 26.2 Å². The van der Waals surface area contributed by atoms with E-state index in [2.05, 4.69) is 15.0 Å². The summed E-state index contributed by atoms with van der Waals surface area (Å²) in [5.41, 5.74) is 1.93. The fourth-order valence-electron chi connectivity index (χ4n) is 2.89. The van der Waals surface area contributed by atoms with E-state index >= 15 is 0 Å². The van der Waals surface area contributed by atoms with E-state index in [0.717, 1.165) is 49.7 Å². The fraction of sp³-hybridized carbons (Fsp3) is 0.438. The third-order valence-electron chi connectivity index (χ3n) is 4.11. The lowest BCUT2D eigenvalue weighted by Gasteiger charge is -2.34. The van der Waals surface area contributed by atoms with Gasteiger partial charge >= 0.3 is 0 Å². The zero-order chi connectivity index (χ0) is 16.2. The number of rotatable bonds is 5. The number of benzene rings is 1. The Hall–Kier alpha value is -2.25. The van der Waals surface area contributed by atoms with Crippen molar-refractivity contribution in [1.82, 2.24) is 15.0 Å². The summed E-state index contributed by atoms with van der Waals surface area (Å²) < 4.78 is 5.09. The molecule has 1 aromatic heterocycles.